The second-order valence-corrected chi connectivity index (χ2v) is 11.7. The van der Waals surface area contributed by atoms with Crippen molar-refractivity contribution in [2.45, 2.75) is 69.6 Å². The number of hydrogen-bond donors (Lipinski definition) is 1. The van der Waals surface area contributed by atoms with Gasteiger partial charge in [0.2, 0.25) is 0 Å². The first-order chi connectivity index (χ1) is 17.0. The molecular formula is C24H36F3N3O5S. The van der Waals surface area contributed by atoms with Crippen molar-refractivity contribution in [1.82, 2.24) is 13.9 Å². The van der Waals surface area contributed by atoms with Gasteiger partial charge >= 0.3 is 6.09 Å². The fraction of sp³-hybridized carbons (Fsp3) is 0.708. The first kappa shape index (κ1) is 28.7. The normalized spacial score (nSPS) is 26.3. The summed E-state index contributed by atoms with van der Waals surface area (Å²) in [5, 5.41) is 0. The van der Waals surface area contributed by atoms with Crippen molar-refractivity contribution < 1.29 is 35.9 Å². The molecule has 1 saturated carbocycles. The number of piperidine rings is 1. The Kier molecular flexibility index (Phi) is 10.0. The molecule has 3 atom stereocenters. The van der Waals surface area contributed by atoms with E-state index in [1.54, 1.807) is 12.1 Å². The van der Waals surface area contributed by atoms with Crippen LogP contribution in [0.2, 0.25) is 0 Å². The van der Waals surface area contributed by atoms with Crippen LogP contribution in [0.4, 0.5) is 18.0 Å². The van der Waals surface area contributed by atoms with Crippen LogP contribution in [-0.2, 0) is 19.7 Å². The minimum Gasteiger partial charge on any atom is -0.440 e. The zero-order chi connectivity index (χ0) is 26.5. The van der Waals surface area contributed by atoms with Crippen LogP contribution in [-0.4, -0.2) is 82.2 Å². The molecule has 2 fully saturated rings. The number of nitrogens with zero attached hydrogens (tertiary/aromatic N) is 2. The lowest BCUT2D eigenvalue weighted by molar-refractivity contribution is -0.0368. The van der Waals surface area contributed by atoms with Gasteiger partial charge in [0.15, 0.2) is 6.10 Å². The third kappa shape index (κ3) is 7.80. The minimum atomic E-state index is -3.72. The molecule has 0 radical (unpaired) electrons. The predicted molar refractivity (Wildman–Crippen MR) is 129 cm³/mol. The van der Waals surface area contributed by atoms with Crippen molar-refractivity contribution in [3.05, 3.63) is 35.6 Å². The predicted octanol–water partition coefficient (Wildman–Crippen LogP) is 3.75. The fourth-order valence-corrected chi connectivity index (χ4v) is 5.59. The molecule has 1 heterocycles. The number of likely N-dealkylation sites (tertiary alicyclic amines) is 1. The maximum Gasteiger partial charge on any atom is 0.410 e. The molecule has 1 aliphatic carbocycles. The van der Waals surface area contributed by atoms with Crippen molar-refractivity contribution in [3.63, 3.8) is 0 Å². The third-order valence-electron chi connectivity index (χ3n) is 6.96. The summed E-state index contributed by atoms with van der Waals surface area (Å²) in [5.41, 5.74) is 0.978. The van der Waals surface area contributed by atoms with E-state index in [0.717, 1.165) is 42.5 Å². The molecule has 1 amide bonds. The third-order valence-corrected chi connectivity index (χ3v) is 8.52. The number of carbonyl (C=O) groups excluding carboxylic acids is 1. The van der Waals surface area contributed by atoms with Crippen molar-refractivity contribution in [3.8, 4) is 0 Å². The van der Waals surface area contributed by atoms with E-state index in [-0.39, 0.29) is 43.5 Å². The van der Waals surface area contributed by atoms with E-state index >= 15 is 0 Å². The highest BCUT2D eigenvalue weighted by atomic mass is 32.2. The number of ether oxygens (including phenoxy) is 2. The van der Waals surface area contributed by atoms with Crippen LogP contribution in [0.5, 0.6) is 0 Å². The summed E-state index contributed by atoms with van der Waals surface area (Å²) in [7, 11) is -0.881. The highest BCUT2D eigenvalue weighted by molar-refractivity contribution is 7.87. The number of nitrogens with one attached hydrogen (secondary N) is 1. The van der Waals surface area contributed by atoms with Crippen LogP contribution in [0.15, 0.2) is 24.3 Å². The molecule has 1 aromatic carbocycles. The van der Waals surface area contributed by atoms with Crippen LogP contribution >= 0.6 is 0 Å². The largest absolute Gasteiger partial charge is 0.440 e. The zero-order valence-corrected chi connectivity index (χ0v) is 21.7. The van der Waals surface area contributed by atoms with E-state index in [2.05, 4.69) is 4.72 Å². The van der Waals surface area contributed by atoms with Crippen molar-refractivity contribution >= 4 is 16.3 Å². The number of halogens is 3. The van der Waals surface area contributed by atoms with Gasteiger partial charge in [0.1, 0.15) is 5.82 Å². The molecule has 1 aromatic rings. The highest BCUT2D eigenvalue weighted by Gasteiger charge is 2.37. The van der Waals surface area contributed by atoms with E-state index in [0.29, 0.717) is 6.42 Å². The SMILES string of the molecule is C[C@@H](OC(=O)N1CC[C@H](NS(=O)(=O)N(C)C)[C@H](COC2CCC(c3cccc(F)c3)CC2)C1)C(F)F. The Bertz CT molecular complexity index is 973. The van der Waals surface area contributed by atoms with Crippen molar-refractivity contribution in [2.75, 3.05) is 33.8 Å². The maximum absolute atomic E-state index is 13.6. The van der Waals surface area contributed by atoms with Gasteiger partial charge in [-0.1, -0.05) is 12.1 Å². The second-order valence-electron chi connectivity index (χ2n) is 9.79. The van der Waals surface area contributed by atoms with Crippen LogP contribution in [0.1, 0.15) is 50.5 Å². The van der Waals surface area contributed by atoms with Crippen molar-refractivity contribution in [1.29, 1.82) is 0 Å². The molecule has 0 aromatic heterocycles. The van der Waals surface area contributed by atoms with Crippen molar-refractivity contribution in [2.24, 2.45) is 5.92 Å². The monoisotopic (exact) mass is 535 g/mol. The molecule has 8 nitrogen and oxygen atoms in total. The molecule has 36 heavy (non-hydrogen) atoms. The van der Waals surface area contributed by atoms with E-state index in [4.69, 9.17) is 9.47 Å². The average Bonchev–Trinajstić information content (AvgIpc) is 2.83. The van der Waals surface area contributed by atoms with Gasteiger partial charge in [-0.3, -0.25) is 0 Å². The lowest BCUT2D eigenvalue weighted by Crippen LogP contribution is -2.55. The van der Waals surface area contributed by atoms with Gasteiger partial charge in [-0.25, -0.2) is 18.0 Å². The molecule has 12 heteroatoms. The van der Waals surface area contributed by atoms with Gasteiger partial charge in [0.25, 0.3) is 16.6 Å². The van der Waals surface area contributed by atoms with Crippen LogP contribution in [0, 0.1) is 11.7 Å². The number of carbonyl (C=O) groups is 1. The molecule has 0 unspecified atom stereocenters. The molecule has 204 valence electrons. The van der Waals surface area contributed by atoms with E-state index in [9.17, 15) is 26.4 Å². The summed E-state index contributed by atoms with van der Waals surface area (Å²) in [5.74, 6) is -0.374. The topological polar surface area (TPSA) is 88.2 Å². The first-order valence-corrected chi connectivity index (χ1v) is 13.7. The molecule has 0 spiro atoms. The molecule has 0 bridgehead atoms. The Balaban J connectivity index is 1.60. The van der Waals surface area contributed by atoms with Crippen LogP contribution in [0.25, 0.3) is 0 Å². The van der Waals surface area contributed by atoms with Crippen LogP contribution < -0.4 is 4.72 Å². The molecular weight excluding hydrogens is 499 g/mol. The number of alkyl halides is 2. The summed E-state index contributed by atoms with van der Waals surface area (Å²) in [4.78, 5) is 13.7. The van der Waals surface area contributed by atoms with Gasteiger partial charge in [-0.05, 0) is 62.6 Å². The zero-order valence-electron chi connectivity index (χ0n) is 20.9. The number of amides is 1. The Labute approximate surface area is 211 Å². The van der Waals surface area contributed by atoms with Gasteiger partial charge in [0, 0.05) is 39.1 Å². The highest BCUT2D eigenvalue weighted by Crippen LogP contribution is 2.34. The summed E-state index contributed by atoms with van der Waals surface area (Å²) in [6, 6.07) is 6.15. The number of rotatable bonds is 9. The summed E-state index contributed by atoms with van der Waals surface area (Å²) in [6.45, 7) is 1.62. The van der Waals surface area contributed by atoms with E-state index in [1.165, 1.54) is 25.1 Å². The van der Waals surface area contributed by atoms with E-state index < -0.39 is 34.9 Å². The Hall–Kier alpha value is -1.89. The van der Waals surface area contributed by atoms with Crippen LogP contribution in [0.3, 0.4) is 0 Å². The average molecular weight is 536 g/mol. The Morgan fingerprint density at radius 2 is 1.89 bits per heavy atom. The molecule has 1 N–H and O–H groups in total. The quantitative estimate of drug-likeness (QED) is 0.521. The first-order valence-electron chi connectivity index (χ1n) is 12.3. The molecule has 1 saturated heterocycles. The standard InChI is InChI=1S/C24H36F3N3O5S/c1-16(23(26)27)35-24(31)30-12-11-22(28-36(32,33)29(2)3)19(14-30)15-34-21-9-7-17(8-10-21)18-5-4-6-20(25)13-18/h4-6,13,16-17,19,21-23,28H,7-12,14-15H2,1-3H3/t16-,17?,19+,21?,22+/m1/s1. The molecule has 1 aliphatic heterocycles. The maximum atomic E-state index is 13.6. The summed E-state index contributed by atoms with van der Waals surface area (Å²) < 4.78 is 78.9. The summed E-state index contributed by atoms with van der Waals surface area (Å²) >= 11 is 0. The fourth-order valence-electron chi connectivity index (χ4n) is 4.69. The smallest absolute Gasteiger partial charge is 0.410 e. The minimum absolute atomic E-state index is 0.0397. The molecule has 3 rings (SSSR count). The Morgan fingerprint density at radius 3 is 2.50 bits per heavy atom. The summed E-state index contributed by atoms with van der Waals surface area (Å²) in [6.07, 6.45) is -1.67. The second kappa shape index (κ2) is 12.6. The Morgan fingerprint density at radius 1 is 1.19 bits per heavy atom. The number of hydrogen-bond acceptors (Lipinski definition) is 5. The van der Waals surface area contributed by atoms with Gasteiger partial charge in [-0.2, -0.15) is 17.4 Å². The van der Waals surface area contributed by atoms with Gasteiger partial charge < -0.3 is 14.4 Å². The lowest BCUT2D eigenvalue weighted by atomic mass is 9.82. The van der Waals surface area contributed by atoms with Gasteiger partial charge in [-0.15, -0.1) is 0 Å². The van der Waals surface area contributed by atoms with Gasteiger partial charge in [0.05, 0.1) is 12.7 Å². The number of benzene rings is 1. The molecule has 2 aliphatic rings. The van der Waals surface area contributed by atoms with E-state index in [1.807, 2.05) is 6.07 Å². The lowest BCUT2D eigenvalue weighted by Gasteiger charge is -2.39.